The molecular weight excluding hydrogens is 271 g/mol. The molecule has 0 aromatic carbocycles. The van der Waals surface area contributed by atoms with Crippen LogP contribution in [-0.4, -0.2) is 19.3 Å². The predicted octanol–water partition coefficient (Wildman–Crippen LogP) is 3.10. The van der Waals surface area contributed by atoms with Gasteiger partial charge >= 0.3 is 0 Å². The fourth-order valence-electron chi connectivity index (χ4n) is 1.94. The maximum atomic E-state index is 6.37. The lowest BCUT2D eigenvalue weighted by molar-refractivity contribution is 0.590. The Morgan fingerprint density at radius 3 is 2.72 bits per heavy atom. The molecule has 0 radical (unpaired) electrons. The van der Waals surface area contributed by atoms with Gasteiger partial charge in [-0.3, -0.25) is 4.68 Å². The highest BCUT2D eigenvalue weighted by atomic mass is 35.5. The maximum absolute atomic E-state index is 6.37. The van der Waals surface area contributed by atoms with E-state index in [-0.39, 0.29) is 0 Å². The molecule has 0 saturated carbocycles. The summed E-state index contributed by atoms with van der Waals surface area (Å²) < 4.78 is 3.95. The molecule has 0 aliphatic heterocycles. The number of rotatable bonds is 5. The van der Waals surface area contributed by atoms with E-state index >= 15 is 0 Å². The van der Waals surface area contributed by atoms with Crippen molar-refractivity contribution in [1.29, 1.82) is 0 Å². The van der Waals surface area contributed by atoms with Gasteiger partial charge < -0.3 is 4.57 Å². The maximum Gasteiger partial charge on any atom is 0.123 e. The van der Waals surface area contributed by atoms with Crippen LogP contribution < -0.4 is 0 Å². The molecule has 0 aliphatic rings. The summed E-state index contributed by atoms with van der Waals surface area (Å²) in [7, 11) is 0. The van der Waals surface area contributed by atoms with E-state index in [1.807, 2.05) is 15.4 Å². The van der Waals surface area contributed by atoms with Crippen molar-refractivity contribution in [2.75, 3.05) is 0 Å². The molecule has 18 heavy (non-hydrogen) atoms. The first-order valence-corrected chi connectivity index (χ1v) is 6.92. The summed E-state index contributed by atoms with van der Waals surface area (Å²) in [5, 5.41) is 5.26. The summed E-state index contributed by atoms with van der Waals surface area (Å²) in [6.07, 6.45) is 4.50. The Morgan fingerprint density at radius 1 is 1.33 bits per heavy atom. The zero-order chi connectivity index (χ0) is 13.1. The van der Waals surface area contributed by atoms with Gasteiger partial charge in [0.25, 0.3) is 0 Å². The lowest BCUT2D eigenvalue weighted by Gasteiger charge is -2.08. The Kier molecular flexibility index (Phi) is 4.30. The summed E-state index contributed by atoms with van der Waals surface area (Å²) in [4.78, 5) is 4.20. The SMILES string of the molecule is CCc1nn(CC)c(Cn2ccnc2CCl)c1Cl. The largest absolute Gasteiger partial charge is 0.328 e. The fourth-order valence-corrected chi connectivity index (χ4v) is 2.50. The number of halogens is 2. The molecule has 0 fully saturated rings. The highest BCUT2D eigenvalue weighted by Crippen LogP contribution is 2.23. The van der Waals surface area contributed by atoms with Gasteiger partial charge in [-0.25, -0.2) is 4.98 Å². The minimum Gasteiger partial charge on any atom is -0.328 e. The van der Waals surface area contributed by atoms with Crippen molar-refractivity contribution in [3.05, 3.63) is 34.6 Å². The Morgan fingerprint density at radius 2 is 2.11 bits per heavy atom. The molecule has 2 aromatic heterocycles. The van der Waals surface area contributed by atoms with E-state index in [9.17, 15) is 0 Å². The van der Waals surface area contributed by atoms with Crippen LogP contribution in [0.1, 0.15) is 31.1 Å². The van der Waals surface area contributed by atoms with E-state index in [1.165, 1.54) is 0 Å². The first kappa shape index (κ1) is 13.4. The van der Waals surface area contributed by atoms with Crippen LogP contribution in [0.3, 0.4) is 0 Å². The standard InChI is InChI=1S/C12H16Cl2N4/c1-3-9-12(14)10(18(4-2)16-9)8-17-6-5-15-11(17)7-13/h5-6H,3-4,7-8H2,1-2H3. The smallest absolute Gasteiger partial charge is 0.123 e. The van der Waals surface area contributed by atoms with Crippen LogP contribution in [0.5, 0.6) is 0 Å². The van der Waals surface area contributed by atoms with E-state index in [4.69, 9.17) is 23.2 Å². The fraction of sp³-hybridized carbons (Fsp3) is 0.500. The second-order valence-corrected chi connectivity index (χ2v) is 4.63. The van der Waals surface area contributed by atoms with Crippen LogP contribution in [0.4, 0.5) is 0 Å². The van der Waals surface area contributed by atoms with Gasteiger partial charge in [-0.1, -0.05) is 18.5 Å². The van der Waals surface area contributed by atoms with Crippen molar-refractivity contribution >= 4 is 23.2 Å². The summed E-state index contributed by atoms with van der Waals surface area (Å²) >= 11 is 12.2. The molecule has 0 saturated heterocycles. The van der Waals surface area contributed by atoms with Gasteiger partial charge in [-0.2, -0.15) is 5.10 Å². The van der Waals surface area contributed by atoms with Crippen molar-refractivity contribution in [3.8, 4) is 0 Å². The number of alkyl halides is 1. The van der Waals surface area contributed by atoms with E-state index in [0.717, 1.165) is 35.2 Å². The summed E-state index contributed by atoms with van der Waals surface area (Å²) in [5.74, 6) is 1.24. The highest BCUT2D eigenvalue weighted by Gasteiger charge is 2.15. The Bertz CT molecular complexity index is 530. The molecule has 0 atom stereocenters. The first-order valence-electron chi connectivity index (χ1n) is 6.01. The molecule has 0 amide bonds. The molecule has 2 aromatic rings. The molecule has 4 nitrogen and oxygen atoms in total. The molecule has 2 rings (SSSR count). The third-order valence-electron chi connectivity index (χ3n) is 2.94. The predicted molar refractivity (Wildman–Crippen MR) is 73.2 cm³/mol. The zero-order valence-corrected chi connectivity index (χ0v) is 12.0. The molecule has 0 aliphatic carbocycles. The average Bonchev–Trinajstić information content (AvgIpc) is 2.95. The van der Waals surface area contributed by atoms with Crippen LogP contribution >= 0.6 is 23.2 Å². The van der Waals surface area contributed by atoms with E-state index in [1.54, 1.807) is 6.20 Å². The van der Waals surface area contributed by atoms with E-state index < -0.39 is 0 Å². The molecule has 2 heterocycles. The van der Waals surface area contributed by atoms with Gasteiger partial charge in [0.2, 0.25) is 0 Å². The lowest BCUT2D eigenvalue weighted by atomic mass is 10.3. The van der Waals surface area contributed by atoms with Crippen LogP contribution in [0.2, 0.25) is 5.02 Å². The van der Waals surface area contributed by atoms with Crippen molar-refractivity contribution in [2.24, 2.45) is 0 Å². The van der Waals surface area contributed by atoms with E-state index in [2.05, 4.69) is 23.9 Å². The third kappa shape index (κ3) is 2.40. The summed E-state index contributed by atoms with van der Waals surface area (Å²) in [6.45, 7) is 5.57. The lowest BCUT2D eigenvalue weighted by Crippen LogP contribution is -2.09. The van der Waals surface area contributed by atoms with Crippen molar-refractivity contribution in [2.45, 2.75) is 39.2 Å². The second kappa shape index (κ2) is 5.76. The number of imidazole rings is 1. The Labute approximate surface area is 117 Å². The van der Waals surface area contributed by atoms with Gasteiger partial charge in [-0.15, -0.1) is 11.6 Å². The monoisotopic (exact) mass is 286 g/mol. The van der Waals surface area contributed by atoms with Crippen molar-refractivity contribution in [1.82, 2.24) is 19.3 Å². The molecule has 0 unspecified atom stereocenters. The zero-order valence-electron chi connectivity index (χ0n) is 10.5. The summed E-state index contributed by atoms with van der Waals surface area (Å²) in [6, 6.07) is 0. The first-order chi connectivity index (χ1) is 8.71. The van der Waals surface area contributed by atoms with Crippen molar-refractivity contribution < 1.29 is 0 Å². The van der Waals surface area contributed by atoms with Gasteiger partial charge in [0.05, 0.1) is 28.8 Å². The number of hydrogen-bond donors (Lipinski definition) is 0. The minimum absolute atomic E-state index is 0.394. The molecule has 98 valence electrons. The normalized spacial score (nSPS) is 11.1. The van der Waals surface area contributed by atoms with Crippen LogP contribution in [0.15, 0.2) is 12.4 Å². The van der Waals surface area contributed by atoms with Gasteiger partial charge in [0.1, 0.15) is 5.82 Å². The van der Waals surface area contributed by atoms with Gasteiger partial charge in [0, 0.05) is 18.9 Å². The highest BCUT2D eigenvalue weighted by molar-refractivity contribution is 6.31. The topological polar surface area (TPSA) is 35.6 Å². The minimum atomic E-state index is 0.394. The third-order valence-corrected chi connectivity index (χ3v) is 3.61. The van der Waals surface area contributed by atoms with Crippen molar-refractivity contribution in [3.63, 3.8) is 0 Å². The molecular formula is C12H16Cl2N4. The van der Waals surface area contributed by atoms with Gasteiger partial charge in [0.15, 0.2) is 0 Å². The molecule has 0 bridgehead atoms. The van der Waals surface area contributed by atoms with E-state index in [0.29, 0.717) is 12.4 Å². The second-order valence-electron chi connectivity index (χ2n) is 3.98. The Hall–Kier alpha value is -1.00. The number of nitrogens with zero attached hydrogens (tertiary/aromatic N) is 4. The summed E-state index contributed by atoms with van der Waals surface area (Å²) in [5.41, 5.74) is 1.96. The van der Waals surface area contributed by atoms with Gasteiger partial charge in [-0.05, 0) is 13.3 Å². The quantitative estimate of drug-likeness (QED) is 0.792. The number of aryl methyl sites for hydroxylation is 2. The Balaban J connectivity index is 2.36. The molecule has 0 N–H and O–H groups in total. The average molecular weight is 287 g/mol. The molecule has 0 spiro atoms. The molecule has 6 heteroatoms. The number of aromatic nitrogens is 4. The van der Waals surface area contributed by atoms with Crippen LogP contribution in [0, 0.1) is 0 Å². The van der Waals surface area contributed by atoms with Crippen LogP contribution in [-0.2, 0) is 25.4 Å². The van der Waals surface area contributed by atoms with Crippen LogP contribution in [0.25, 0.3) is 0 Å². The number of hydrogen-bond acceptors (Lipinski definition) is 2.